The van der Waals surface area contributed by atoms with E-state index in [4.69, 9.17) is 4.74 Å². The normalized spacial score (nSPS) is 31.5. The maximum atomic E-state index is 6.44. The van der Waals surface area contributed by atoms with Gasteiger partial charge in [0.05, 0.1) is 0 Å². The molecule has 0 spiro atoms. The van der Waals surface area contributed by atoms with Gasteiger partial charge in [0.1, 0.15) is 11.4 Å². The molecule has 1 fully saturated rings. The summed E-state index contributed by atoms with van der Waals surface area (Å²) in [5.41, 5.74) is 2.99. The summed E-state index contributed by atoms with van der Waals surface area (Å²) in [6, 6.07) is 7.01. The van der Waals surface area contributed by atoms with Crippen LogP contribution in [0.2, 0.25) is 0 Å². The van der Waals surface area contributed by atoms with Crippen LogP contribution in [-0.4, -0.2) is 12.1 Å². The second-order valence-electron chi connectivity index (χ2n) is 6.75. The minimum Gasteiger partial charge on any atom is -0.487 e. The number of hydrogen-bond donors (Lipinski definition) is 1. The van der Waals surface area contributed by atoms with E-state index in [2.05, 4.69) is 51.2 Å². The van der Waals surface area contributed by atoms with Crippen LogP contribution in [0, 0.1) is 12.3 Å². The average Bonchev–Trinajstić information content (AvgIpc) is 3.11. The van der Waals surface area contributed by atoms with Crippen LogP contribution in [0.25, 0.3) is 0 Å². The highest BCUT2D eigenvalue weighted by molar-refractivity contribution is 5.42. The molecule has 104 valence electrons. The number of aryl methyl sites for hydroxylation is 1. The van der Waals surface area contributed by atoms with Gasteiger partial charge in [-0.25, -0.2) is 0 Å². The Morgan fingerprint density at radius 1 is 1.32 bits per heavy atom. The van der Waals surface area contributed by atoms with Crippen molar-refractivity contribution in [2.24, 2.45) is 5.41 Å². The van der Waals surface area contributed by atoms with Crippen LogP contribution in [0.5, 0.6) is 5.75 Å². The van der Waals surface area contributed by atoms with Crippen LogP contribution >= 0.6 is 0 Å². The van der Waals surface area contributed by atoms with Gasteiger partial charge >= 0.3 is 0 Å². The predicted octanol–water partition coefficient (Wildman–Crippen LogP) is 3.99. The lowest BCUT2D eigenvalue weighted by Gasteiger charge is -2.44. The minimum atomic E-state index is -0.0257. The van der Waals surface area contributed by atoms with Crippen molar-refractivity contribution in [1.29, 1.82) is 0 Å². The Morgan fingerprint density at radius 3 is 2.68 bits per heavy atom. The van der Waals surface area contributed by atoms with E-state index in [0.717, 1.165) is 18.7 Å². The lowest BCUT2D eigenvalue weighted by atomic mass is 9.78. The summed E-state index contributed by atoms with van der Waals surface area (Å²) >= 11 is 0. The molecule has 0 amide bonds. The Labute approximate surface area is 116 Å². The molecule has 1 saturated carbocycles. The lowest BCUT2D eigenvalue weighted by molar-refractivity contribution is -0.0132. The Balaban J connectivity index is 1.99. The predicted molar refractivity (Wildman–Crippen MR) is 78.6 cm³/mol. The van der Waals surface area contributed by atoms with Gasteiger partial charge in [-0.05, 0) is 39.3 Å². The van der Waals surface area contributed by atoms with Crippen molar-refractivity contribution in [3.05, 3.63) is 29.3 Å². The number of hydrogen-bond acceptors (Lipinski definition) is 2. The fourth-order valence-corrected chi connectivity index (χ4v) is 3.33. The van der Waals surface area contributed by atoms with E-state index >= 15 is 0 Å². The summed E-state index contributed by atoms with van der Waals surface area (Å²) in [7, 11) is 0. The Morgan fingerprint density at radius 2 is 2.05 bits per heavy atom. The number of nitrogens with one attached hydrogen (secondary N) is 1. The molecule has 19 heavy (non-hydrogen) atoms. The molecule has 0 bridgehead atoms. The minimum absolute atomic E-state index is 0.0257. The standard InChI is InChI=1S/C17H25NO/c1-5-18-14-11-17(4,16(3)8-9-16)19-15-7-6-12(2)10-13(14)15/h6-7,10,14,18H,5,8-9,11H2,1-4H3. The van der Waals surface area contributed by atoms with Gasteiger partial charge in [-0.2, -0.15) is 0 Å². The first kappa shape index (κ1) is 13.0. The average molecular weight is 259 g/mol. The molecule has 2 atom stereocenters. The van der Waals surface area contributed by atoms with Gasteiger partial charge in [0, 0.05) is 23.4 Å². The maximum absolute atomic E-state index is 6.44. The van der Waals surface area contributed by atoms with Crippen molar-refractivity contribution in [2.75, 3.05) is 6.54 Å². The highest BCUT2D eigenvalue weighted by Crippen LogP contribution is 2.59. The van der Waals surface area contributed by atoms with Crippen molar-refractivity contribution < 1.29 is 4.74 Å². The van der Waals surface area contributed by atoms with Gasteiger partial charge in [-0.15, -0.1) is 0 Å². The van der Waals surface area contributed by atoms with E-state index in [1.807, 2.05) is 0 Å². The summed E-state index contributed by atoms with van der Waals surface area (Å²) in [6.07, 6.45) is 3.67. The smallest absolute Gasteiger partial charge is 0.124 e. The van der Waals surface area contributed by atoms with Gasteiger partial charge in [-0.3, -0.25) is 0 Å². The van der Waals surface area contributed by atoms with Gasteiger partial charge < -0.3 is 10.1 Å². The SMILES string of the molecule is CCNC1CC(C)(C2(C)CC2)Oc2ccc(C)cc21. The summed E-state index contributed by atoms with van der Waals surface area (Å²) in [6.45, 7) is 10.0. The van der Waals surface area contributed by atoms with Crippen molar-refractivity contribution >= 4 is 0 Å². The maximum Gasteiger partial charge on any atom is 0.124 e. The van der Waals surface area contributed by atoms with Crippen molar-refractivity contribution in [3.63, 3.8) is 0 Å². The van der Waals surface area contributed by atoms with E-state index in [1.54, 1.807) is 0 Å². The summed E-state index contributed by atoms with van der Waals surface area (Å²) in [4.78, 5) is 0. The molecule has 2 nitrogen and oxygen atoms in total. The zero-order chi connectivity index (χ0) is 13.7. The second kappa shape index (κ2) is 4.24. The van der Waals surface area contributed by atoms with Gasteiger partial charge in [-0.1, -0.05) is 31.5 Å². The first-order valence-electron chi connectivity index (χ1n) is 7.50. The fourth-order valence-electron chi connectivity index (χ4n) is 3.33. The van der Waals surface area contributed by atoms with Gasteiger partial charge in [0.15, 0.2) is 0 Å². The molecule has 1 aromatic carbocycles. The van der Waals surface area contributed by atoms with E-state index in [1.165, 1.54) is 24.0 Å². The number of rotatable bonds is 3. The molecular weight excluding hydrogens is 234 g/mol. The number of benzene rings is 1. The molecule has 3 rings (SSSR count). The monoisotopic (exact) mass is 259 g/mol. The molecule has 2 aliphatic rings. The molecule has 1 heterocycles. The highest BCUT2D eigenvalue weighted by atomic mass is 16.5. The second-order valence-corrected chi connectivity index (χ2v) is 6.75. The molecule has 1 N–H and O–H groups in total. The number of fused-ring (bicyclic) bond motifs is 1. The first-order chi connectivity index (χ1) is 8.97. The third-order valence-corrected chi connectivity index (χ3v) is 5.20. The summed E-state index contributed by atoms with van der Waals surface area (Å²) < 4.78 is 6.44. The van der Waals surface area contributed by atoms with Gasteiger partial charge in [0.25, 0.3) is 0 Å². The van der Waals surface area contributed by atoms with E-state index in [9.17, 15) is 0 Å². The Hall–Kier alpha value is -1.02. The third kappa shape index (κ3) is 2.06. The fraction of sp³-hybridized carbons (Fsp3) is 0.647. The first-order valence-corrected chi connectivity index (χ1v) is 7.50. The van der Waals surface area contributed by atoms with E-state index in [0.29, 0.717) is 11.5 Å². The van der Waals surface area contributed by atoms with Gasteiger partial charge in [0.2, 0.25) is 0 Å². The zero-order valence-corrected chi connectivity index (χ0v) is 12.5. The number of ether oxygens (including phenoxy) is 1. The molecule has 2 unspecified atom stereocenters. The van der Waals surface area contributed by atoms with Crippen LogP contribution in [0.1, 0.15) is 57.2 Å². The summed E-state index contributed by atoms with van der Waals surface area (Å²) in [5.74, 6) is 1.08. The lowest BCUT2D eigenvalue weighted by Crippen LogP contribution is -2.47. The Bertz CT molecular complexity index is 492. The zero-order valence-electron chi connectivity index (χ0n) is 12.5. The van der Waals surface area contributed by atoms with Crippen LogP contribution in [0.3, 0.4) is 0 Å². The van der Waals surface area contributed by atoms with Crippen molar-refractivity contribution in [3.8, 4) is 5.75 Å². The largest absolute Gasteiger partial charge is 0.487 e. The van der Waals surface area contributed by atoms with Crippen LogP contribution < -0.4 is 10.1 Å². The quantitative estimate of drug-likeness (QED) is 0.886. The van der Waals surface area contributed by atoms with Crippen LogP contribution in [0.15, 0.2) is 18.2 Å². The molecule has 0 radical (unpaired) electrons. The van der Waals surface area contributed by atoms with Crippen LogP contribution in [-0.2, 0) is 0 Å². The van der Waals surface area contributed by atoms with E-state index < -0.39 is 0 Å². The topological polar surface area (TPSA) is 21.3 Å². The molecule has 0 saturated heterocycles. The van der Waals surface area contributed by atoms with E-state index in [-0.39, 0.29) is 5.60 Å². The molecule has 1 aliphatic heterocycles. The molecule has 2 heteroatoms. The molecule has 1 aromatic rings. The Kier molecular flexibility index (Phi) is 2.90. The van der Waals surface area contributed by atoms with Crippen molar-refractivity contribution in [1.82, 2.24) is 5.32 Å². The van der Waals surface area contributed by atoms with Crippen molar-refractivity contribution in [2.45, 2.75) is 58.6 Å². The molecule has 1 aliphatic carbocycles. The molecule has 0 aromatic heterocycles. The summed E-state index contributed by atoms with van der Waals surface area (Å²) in [5, 5.41) is 3.64. The third-order valence-electron chi connectivity index (χ3n) is 5.20. The van der Waals surface area contributed by atoms with Crippen LogP contribution in [0.4, 0.5) is 0 Å². The highest BCUT2D eigenvalue weighted by Gasteiger charge is 2.57. The molecular formula is C17H25NO.